The molecule has 0 N–H and O–H groups in total. The Hall–Kier alpha value is -3.57. The van der Waals surface area contributed by atoms with Crippen molar-refractivity contribution < 1.29 is 31.5 Å². The molecule has 1 amide bonds. The van der Waals surface area contributed by atoms with Gasteiger partial charge in [0.25, 0.3) is 11.8 Å². The number of amides is 1. The minimum atomic E-state index is -4.73. The summed E-state index contributed by atoms with van der Waals surface area (Å²) >= 11 is 0. The highest BCUT2D eigenvalue weighted by molar-refractivity contribution is 5.98. The molecule has 2 aliphatic heterocycles. The molecule has 6 rings (SSSR count). The SMILES string of the molecule is O=C(c1cccc(F)c1-n1nccn1)N1C[C@@H]2CC[C@H]1[C@H](Oc1ncc(C(F)(F)F)cc1F)C2. The number of pyridine rings is 1. The van der Waals surface area contributed by atoms with E-state index >= 15 is 0 Å². The van der Waals surface area contributed by atoms with Crippen molar-refractivity contribution in [2.75, 3.05) is 6.54 Å². The number of halogens is 5. The fraction of sp³-hybridized carbons (Fsp3) is 0.364. The number of alkyl halides is 3. The lowest BCUT2D eigenvalue weighted by molar-refractivity contribution is -0.138. The van der Waals surface area contributed by atoms with Crippen molar-refractivity contribution in [2.24, 2.45) is 5.92 Å². The number of carbonyl (C=O) groups excluding carboxylic acids is 1. The van der Waals surface area contributed by atoms with Crippen LogP contribution in [0.25, 0.3) is 5.69 Å². The van der Waals surface area contributed by atoms with E-state index in [-0.39, 0.29) is 17.2 Å². The Balaban J connectivity index is 1.42. The van der Waals surface area contributed by atoms with Gasteiger partial charge in [0.2, 0.25) is 0 Å². The van der Waals surface area contributed by atoms with E-state index in [9.17, 15) is 26.7 Å². The van der Waals surface area contributed by atoms with Crippen LogP contribution in [0, 0.1) is 17.6 Å². The van der Waals surface area contributed by atoms with E-state index < -0.39 is 47.3 Å². The smallest absolute Gasteiger partial charge is 0.417 e. The third-order valence-electron chi connectivity index (χ3n) is 6.22. The van der Waals surface area contributed by atoms with Gasteiger partial charge in [-0.15, -0.1) is 4.80 Å². The Bertz CT molecular complexity index is 1220. The van der Waals surface area contributed by atoms with Gasteiger partial charge in [-0.2, -0.15) is 23.4 Å². The molecule has 178 valence electrons. The number of piperidine rings is 2. The summed E-state index contributed by atoms with van der Waals surface area (Å²) in [6, 6.07) is 3.93. The third kappa shape index (κ3) is 3.97. The van der Waals surface area contributed by atoms with E-state index in [1.54, 1.807) is 4.90 Å². The molecule has 12 heteroatoms. The van der Waals surface area contributed by atoms with Gasteiger partial charge in [-0.1, -0.05) is 6.07 Å². The minimum Gasteiger partial charge on any atom is -0.470 e. The second-order valence-electron chi connectivity index (χ2n) is 8.32. The second-order valence-corrected chi connectivity index (χ2v) is 8.32. The van der Waals surface area contributed by atoms with Crippen LogP contribution in [0.15, 0.2) is 42.9 Å². The molecule has 7 nitrogen and oxygen atoms in total. The molecule has 1 aliphatic carbocycles. The maximum atomic E-state index is 14.6. The first-order valence-electron chi connectivity index (χ1n) is 10.6. The highest BCUT2D eigenvalue weighted by atomic mass is 19.4. The molecule has 0 spiro atoms. The zero-order chi connectivity index (χ0) is 24.0. The van der Waals surface area contributed by atoms with Gasteiger partial charge in [0, 0.05) is 12.7 Å². The number of ether oxygens (including phenoxy) is 1. The van der Waals surface area contributed by atoms with Crippen molar-refractivity contribution in [3.63, 3.8) is 0 Å². The average molecular weight is 479 g/mol. The zero-order valence-electron chi connectivity index (χ0n) is 17.5. The Morgan fingerprint density at radius 2 is 1.85 bits per heavy atom. The zero-order valence-corrected chi connectivity index (χ0v) is 17.5. The lowest BCUT2D eigenvalue weighted by atomic mass is 9.77. The van der Waals surface area contributed by atoms with Crippen molar-refractivity contribution in [1.29, 1.82) is 0 Å². The summed E-state index contributed by atoms with van der Waals surface area (Å²) in [5.74, 6) is -2.88. The van der Waals surface area contributed by atoms with E-state index in [1.807, 2.05) is 0 Å². The summed E-state index contributed by atoms with van der Waals surface area (Å²) in [6.07, 6.45) is -0.313. The quantitative estimate of drug-likeness (QED) is 0.529. The first-order valence-corrected chi connectivity index (χ1v) is 10.6. The van der Waals surface area contributed by atoms with Crippen LogP contribution in [0.3, 0.4) is 0 Å². The first kappa shape index (κ1) is 22.2. The number of aromatic nitrogens is 4. The highest BCUT2D eigenvalue weighted by Gasteiger charge is 2.45. The van der Waals surface area contributed by atoms with Gasteiger partial charge in [-0.25, -0.2) is 13.8 Å². The molecule has 1 saturated carbocycles. The summed E-state index contributed by atoms with van der Waals surface area (Å²) in [5.41, 5.74) is -1.25. The predicted octanol–water partition coefficient (Wildman–Crippen LogP) is 4.03. The maximum absolute atomic E-state index is 14.6. The maximum Gasteiger partial charge on any atom is 0.417 e. The average Bonchev–Trinajstić information content (AvgIpc) is 3.34. The number of fused-ring (bicyclic) bond motifs is 3. The van der Waals surface area contributed by atoms with Gasteiger partial charge in [0.15, 0.2) is 11.6 Å². The second kappa shape index (κ2) is 8.33. The molecular formula is C22H18F5N5O2. The van der Waals surface area contributed by atoms with Crippen LogP contribution in [0.2, 0.25) is 0 Å². The van der Waals surface area contributed by atoms with E-state index in [0.717, 1.165) is 11.2 Å². The fourth-order valence-corrected chi connectivity index (χ4v) is 4.68. The van der Waals surface area contributed by atoms with Gasteiger partial charge in [0.05, 0.1) is 29.6 Å². The van der Waals surface area contributed by atoms with E-state index in [4.69, 9.17) is 4.74 Å². The van der Waals surface area contributed by atoms with E-state index in [0.29, 0.717) is 31.6 Å². The van der Waals surface area contributed by atoms with Crippen LogP contribution in [0.5, 0.6) is 5.88 Å². The highest BCUT2D eigenvalue weighted by Crippen LogP contribution is 2.39. The Morgan fingerprint density at radius 3 is 2.53 bits per heavy atom. The van der Waals surface area contributed by atoms with Crippen molar-refractivity contribution in [3.05, 3.63) is 65.6 Å². The summed E-state index contributed by atoms with van der Waals surface area (Å²) in [6.45, 7) is 0.398. The standard InChI is InChI=1S/C22H18F5N5O2/c23-15-3-1-2-14(19(15)32-29-6-7-30-32)21(33)31-11-12-4-5-17(31)18(8-12)34-20-16(24)9-13(10-28-20)22(25,26)27/h1-3,6-7,9-10,12,17-18H,4-5,8,11H2/t12-,17+,18-/m1/s1. The molecule has 3 fully saturated rings. The summed E-state index contributed by atoms with van der Waals surface area (Å²) in [7, 11) is 0. The van der Waals surface area contributed by atoms with Gasteiger partial charge < -0.3 is 9.64 Å². The monoisotopic (exact) mass is 479 g/mol. The molecule has 4 heterocycles. The van der Waals surface area contributed by atoms with Crippen LogP contribution in [-0.4, -0.2) is 49.5 Å². The molecule has 0 unspecified atom stereocenters. The molecule has 34 heavy (non-hydrogen) atoms. The Morgan fingerprint density at radius 1 is 1.09 bits per heavy atom. The first-order chi connectivity index (χ1) is 16.2. The fourth-order valence-electron chi connectivity index (χ4n) is 4.68. The molecule has 3 aromatic rings. The normalized spacial score (nSPS) is 22.1. The largest absolute Gasteiger partial charge is 0.470 e. The number of nitrogens with zero attached hydrogens (tertiary/aromatic N) is 5. The Kier molecular flexibility index (Phi) is 5.45. The lowest BCUT2D eigenvalue weighted by Crippen LogP contribution is -2.59. The van der Waals surface area contributed by atoms with Gasteiger partial charge in [-0.05, 0) is 43.4 Å². The Labute approximate surface area is 190 Å². The number of benzene rings is 1. The summed E-state index contributed by atoms with van der Waals surface area (Å²) < 4.78 is 73.1. The number of carbonyl (C=O) groups is 1. The van der Waals surface area contributed by atoms with Crippen LogP contribution >= 0.6 is 0 Å². The van der Waals surface area contributed by atoms with Crippen LogP contribution in [0.1, 0.15) is 35.2 Å². The molecule has 2 bridgehead atoms. The molecule has 2 saturated heterocycles. The van der Waals surface area contributed by atoms with Crippen molar-refractivity contribution in [2.45, 2.75) is 37.6 Å². The number of hydrogen-bond donors (Lipinski definition) is 0. The number of para-hydroxylation sites is 1. The van der Waals surface area contributed by atoms with Gasteiger partial charge >= 0.3 is 6.18 Å². The van der Waals surface area contributed by atoms with Crippen molar-refractivity contribution in [3.8, 4) is 11.6 Å². The van der Waals surface area contributed by atoms with Crippen molar-refractivity contribution in [1.82, 2.24) is 24.9 Å². The molecule has 3 atom stereocenters. The number of hydrogen-bond acceptors (Lipinski definition) is 5. The molecule has 2 aromatic heterocycles. The molecular weight excluding hydrogens is 461 g/mol. The van der Waals surface area contributed by atoms with Gasteiger partial charge in [-0.3, -0.25) is 4.79 Å². The van der Waals surface area contributed by atoms with Gasteiger partial charge in [0.1, 0.15) is 11.8 Å². The predicted molar refractivity (Wildman–Crippen MR) is 107 cm³/mol. The van der Waals surface area contributed by atoms with E-state index in [1.165, 1.54) is 30.6 Å². The third-order valence-corrected chi connectivity index (χ3v) is 6.22. The summed E-state index contributed by atoms with van der Waals surface area (Å²) in [5, 5.41) is 7.86. The summed E-state index contributed by atoms with van der Waals surface area (Å²) in [4.78, 5) is 19.6. The van der Waals surface area contributed by atoms with Crippen LogP contribution in [-0.2, 0) is 6.18 Å². The molecule has 1 aromatic carbocycles. The number of rotatable bonds is 4. The molecule has 3 aliphatic rings. The van der Waals surface area contributed by atoms with Crippen molar-refractivity contribution >= 4 is 5.91 Å². The van der Waals surface area contributed by atoms with E-state index in [2.05, 4.69) is 15.2 Å². The molecule has 0 radical (unpaired) electrons. The van der Waals surface area contributed by atoms with Crippen LogP contribution in [0.4, 0.5) is 22.0 Å². The minimum absolute atomic E-state index is 0.0382. The topological polar surface area (TPSA) is 73.1 Å². The van der Waals surface area contributed by atoms with Crippen LogP contribution < -0.4 is 4.74 Å². The lowest BCUT2D eigenvalue weighted by Gasteiger charge is -2.49.